The summed E-state index contributed by atoms with van der Waals surface area (Å²) in [4.78, 5) is 0. The van der Waals surface area contributed by atoms with Gasteiger partial charge in [0.15, 0.2) is 0 Å². The van der Waals surface area contributed by atoms with Gasteiger partial charge in [0, 0.05) is 5.69 Å². The summed E-state index contributed by atoms with van der Waals surface area (Å²) in [6.07, 6.45) is 2.50. The number of nitrogen functional groups attached to an aromatic ring is 1. The van der Waals surface area contributed by atoms with Gasteiger partial charge in [-0.1, -0.05) is 12.1 Å². The first-order chi connectivity index (χ1) is 6.34. The summed E-state index contributed by atoms with van der Waals surface area (Å²) >= 11 is 0. The molecule has 3 N–H and O–H groups in total. The first-order valence-electron chi connectivity index (χ1n) is 4.90. The van der Waals surface area contributed by atoms with Crippen LogP contribution in [0.25, 0.3) is 0 Å². The molecule has 2 rings (SSSR count). The van der Waals surface area contributed by atoms with Crippen molar-refractivity contribution in [3.8, 4) is 0 Å². The molecule has 1 heterocycles. The largest absolute Gasteiger partial charge is 0.399 e. The molecule has 1 aliphatic heterocycles. The van der Waals surface area contributed by atoms with Crippen LogP contribution in [-0.4, -0.2) is 13.1 Å². The maximum absolute atomic E-state index is 5.62. The summed E-state index contributed by atoms with van der Waals surface area (Å²) in [5, 5.41) is 3.38. The van der Waals surface area contributed by atoms with E-state index in [1.165, 1.54) is 31.5 Å². The third-order valence-corrected chi connectivity index (χ3v) is 2.67. The molecule has 0 saturated carbocycles. The highest BCUT2D eigenvalue weighted by molar-refractivity contribution is 5.39. The SMILES string of the molecule is Nc1ccc(CC2CCNC2)cc1. The van der Waals surface area contributed by atoms with Crippen LogP contribution in [0.5, 0.6) is 0 Å². The average molecular weight is 176 g/mol. The number of rotatable bonds is 2. The van der Waals surface area contributed by atoms with Crippen LogP contribution in [0.2, 0.25) is 0 Å². The molecule has 0 spiro atoms. The van der Waals surface area contributed by atoms with Crippen molar-refractivity contribution in [1.82, 2.24) is 5.32 Å². The normalized spacial score (nSPS) is 22.0. The van der Waals surface area contributed by atoms with Gasteiger partial charge in [-0.15, -0.1) is 0 Å². The van der Waals surface area contributed by atoms with Gasteiger partial charge in [-0.25, -0.2) is 0 Å². The van der Waals surface area contributed by atoms with Crippen molar-refractivity contribution in [1.29, 1.82) is 0 Å². The fourth-order valence-electron chi connectivity index (χ4n) is 1.88. The van der Waals surface area contributed by atoms with E-state index in [0.717, 1.165) is 11.6 Å². The lowest BCUT2D eigenvalue weighted by Crippen LogP contribution is -2.10. The van der Waals surface area contributed by atoms with Crippen LogP contribution in [0, 0.1) is 5.92 Å². The van der Waals surface area contributed by atoms with E-state index in [-0.39, 0.29) is 0 Å². The van der Waals surface area contributed by atoms with Gasteiger partial charge in [-0.2, -0.15) is 0 Å². The van der Waals surface area contributed by atoms with E-state index in [2.05, 4.69) is 17.4 Å². The van der Waals surface area contributed by atoms with Crippen molar-refractivity contribution in [2.45, 2.75) is 12.8 Å². The predicted molar refractivity (Wildman–Crippen MR) is 55.5 cm³/mol. The third kappa shape index (κ3) is 2.22. The molecular formula is C11H16N2. The highest BCUT2D eigenvalue weighted by Gasteiger charge is 2.14. The molecule has 1 atom stereocenters. The molecule has 1 aromatic carbocycles. The lowest BCUT2D eigenvalue weighted by molar-refractivity contribution is 0.580. The second-order valence-corrected chi connectivity index (χ2v) is 3.80. The molecule has 2 heteroatoms. The molecule has 0 bridgehead atoms. The molecule has 1 fully saturated rings. The fraction of sp³-hybridized carbons (Fsp3) is 0.455. The molecule has 2 nitrogen and oxygen atoms in total. The second-order valence-electron chi connectivity index (χ2n) is 3.80. The molecule has 1 unspecified atom stereocenters. The van der Waals surface area contributed by atoms with Crippen LogP contribution in [0.3, 0.4) is 0 Å². The Labute approximate surface area is 79.1 Å². The Morgan fingerprint density at radius 3 is 2.69 bits per heavy atom. The summed E-state index contributed by atoms with van der Waals surface area (Å²) in [7, 11) is 0. The number of hydrogen-bond acceptors (Lipinski definition) is 2. The fourth-order valence-corrected chi connectivity index (χ4v) is 1.88. The zero-order valence-corrected chi connectivity index (χ0v) is 7.79. The minimum Gasteiger partial charge on any atom is -0.399 e. The van der Waals surface area contributed by atoms with Gasteiger partial charge in [0.1, 0.15) is 0 Å². The molecule has 0 radical (unpaired) electrons. The van der Waals surface area contributed by atoms with Crippen LogP contribution >= 0.6 is 0 Å². The number of nitrogens with one attached hydrogen (secondary N) is 1. The summed E-state index contributed by atoms with van der Waals surface area (Å²) < 4.78 is 0. The van der Waals surface area contributed by atoms with Gasteiger partial charge in [0.2, 0.25) is 0 Å². The number of anilines is 1. The summed E-state index contributed by atoms with van der Waals surface area (Å²) in [6.45, 7) is 2.35. The topological polar surface area (TPSA) is 38.0 Å². The van der Waals surface area contributed by atoms with Gasteiger partial charge in [-0.3, -0.25) is 0 Å². The number of benzene rings is 1. The first kappa shape index (κ1) is 8.57. The van der Waals surface area contributed by atoms with Crippen molar-refractivity contribution in [2.24, 2.45) is 5.92 Å². The van der Waals surface area contributed by atoms with Gasteiger partial charge in [0.05, 0.1) is 0 Å². The highest BCUT2D eigenvalue weighted by atomic mass is 14.9. The smallest absolute Gasteiger partial charge is 0.0314 e. The zero-order chi connectivity index (χ0) is 9.10. The van der Waals surface area contributed by atoms with E-state index < -0.39 is 0 Å². The van der Waals surface area contributed by atoms with Crippen molar-refractivity contribution in [3.05, 3.63) is 29.8 Å². The Hall–Kier alpha value is -1.02. The summed E-state index contributed by atoms with van der Waals surface area (Å²) in [6, 6.07) is 8.23. The summed E-state index contributed by atoms with van der Waals surface area (Å²) in [5.41, 5.74) is 7.88. The zero-order valence-electron chi connectivity index (χ0n) is 7.79. The Morgan fingerprint density at radius 1 is 1.31 bits per heavy atom. The summed E-state index contributed by atoms with van der Waals surface area (Å²) in [5.74, 6) is 0.823. The van der Waals surface area contributed by atoms with E-state index in [4.69, 9.17) is 5.73 Å². The molecule has 0 aromatic heterocycles. The lowest BCUT2D eigenvalue weighted by atomic mass is 9.99. The highest BCUT2D eigenvalue weighted by Crippen LogP contribution is 2.15. The molecule has 70 valence electrons. The van der Waals surface area contributed by atoms with Crippen LogP contribution in [0.4, 0.5) is 5.69 Å². The van der Waals surface area contributed by atoms with Crippen LogP contribution in [0.1, 0.15) is 12.0 Å². The predicted octanol–water partition coefficient (Wildman–Crippen LogP) is 1.42. The Bertz CT molecular complexity index is 260. The average Bonchev–Trinajstić information content (AvgIpc) is 2.62. The molecular weight excluding hydrogens is 160 g/mol. The molecule has 13 heavy (non-hydrogen) atoms. The van der Waals surface area contributed by atoms with Gasteiger partial charge < -0.3 is 11.1 Å². The maximum atomic E-state index is 5.62. The molecule has 1 aromatic rings. The van der Waals surface area contributed by atoms with Crippen molar-refractivity contribution >= 4 is 5.69 Å². The Kier molecular flexibility index (Phi) is 2.50. The first-order valence-corrected chi connectivity index (χ1v) is 4.90. The minimum atomic E-state index is 0.823. The van der Waals surface area contributed by atoms with Crippen LogP contribution in [-0.2, 0) is 6.42 Å². The van der Waals surface area contributed by atoms with Crippen LogP contribution in [0.15, 0.2) is 24.3 Å². The third-order valence-electron chi connectivity index (χ3n) is 2.67. The van der Waals surface area contributed by atoms with Crippen molar-refractivity contribution in [2.75, 3.05) is 18.8 Å². The molecule has 1 saturated heterocycles. The molecule has 0 amide bonds. The van der Waals surface area contributed by atoms with Gasteiger partial charge in [-0.05, 0) is 49.5 Å². The van der Waals surface area contributed by atoms with Crippen molar-refractivity contribution < 1.29 is 0 Å². The van der Waals surface area contributed by atoms with E-state index in [0.29, 0.717) is 0 Å². The van der Waals surface area contributed by atoms with Crippen LogP contribution < -0.4 is 11.1 Å². The van der Waals surface area contributed by atoms with Gasteiger partial charge in [0.25, 0.3) is 0 Å². The lowest BCUT2D eigenvalue weighted by Gasteiger charge is -2.07. The Balaban J connectivity index is 1.97. The quantitative estimate of drug-likeness (QED) is 0.669. The maximum Gasteiger partial charge on any atom is 0.0314 e. The van der Waals surface area contributed by atoms with Crippen molar-refractivity contribution in [3.63, 3.8) is 0 Å². The molecule has 1 aliphatic rings. The van der Waals surface area contributed by atoms with E-state index in [9.17, 15) is 0 Å². The second kappa shape index (κ2) is 3.79. The van der Waals surface area contributed by atoms with E-state index in [1.807, 2.05) is 12.1 Å². The minimum absolute atomic E-state index is 0.823. The van der Waals surface area contributed by atoms with E-state index >= 15 is 0 Å². The number of nitrogens with two attached hydrogens (primary N) is 1. The van der Waals surface area contributed by atoms with Gasteiger partial charge >= 0.3 is 0 Å². The Morgan fingerprint density at radius 2 is 2.08 bits per heavy atom. The van der Waals surface area contributed by atoms with E-state index in [1.54, 1.807) is 0 Å². The monoisotopic (exact) mass is 176 g/mol. The molecule has 0 aliphatic carbocycles. The standard InChI is InChI=1S/C11H16N2/c12-11-3-1-9(2-4-11)7-10-5-6-13-8-10/h1-4,10,13H,5-8,12H2. The number of hydrogen-bond donors (Lipinski definition) is 2.